The third-order valence-corrected chi connectivity index (χ3v) is 7.19. The lowest BCUT2D eigenvalue weighted by atomic mass is 9.85. The van der Waals surface area contributed by atoms with Gasteiger partial charge in [0.1, 0.15) is 5.84 Å². The summed E-state index contributed by atoms with van der Waals surface area (Å²) in [7, 11) is 1.81. The summed E-state index contributed by atoms with van der Waals surface area (Å²) >= 11 is 0. The molecule has 1 aromatic carbocycles. The molecule has 0 aliphatic heterocycles. The zero-order valence-corrected chi connectivity index (χ0v) is 19.7. The third kappa shape index (κ3) is 5.61. The minimum atomic E-state index is -0.120. The maximum atomic E-state index is 13.0. The van der Waals surface area contributed by atoms with Gasteiger partial charge in [0.25, 0.3) is 5.91 Å². The maximum absolute atomic E-state index is 13.0. The molecule has 0 atom stereocenters. The normalized spacial score (nSPS) is 20.6. The van der Waals surface area contributed by atoms with E-state index >= 15 is 0 Å². The quantitative estimate of drug-likeness (QED) is 0.366. The van der Waals surface area contributed by atoms with Crippen molar-refractivity contribution in [2.75, 3.05) is 13.7 Å². The topological polar surface area (TPSA) is 122 Å². The van der Waals surface area contributed by atoms with E-state index in [2.05, 4.69) is 9.97 Å². The number of nitrogens with two attached hydrogens (primary N) is 1. The second kappa shape index (κ2) is 10.8. The molecule has 0 spiro atoms. The SMILES string of the molecule is CN(C(=O)c1cnc(-c2ccc(C(=N)N)cc2)nc1)C1CCC(C(=O)OCC2CCCC2)CC1. The van der Waals surface area contributed by atoms with Gasteiger partial charge in [-0.3, -0.25) is 15.0 Å². The summed E-state index contributed by atoms with van der Waals surface area (Å²) in [4.78, 5) is 35.9. The fraction of sp³-hybridized carbons (Fsp3) is 0.500. The molecule has 4 rings (SSSR count). The van der Waals surface area contributed by atoms with Crippen LogP contribution in [0.15, 0.2) is 36.7 Å². The Bertz CT molecular complexity index is 1010. The van der Waals surface area contributed by atoms with Crippen molar-refractivity contribution in [2.24, 2.45) is 17.6 Å². The lowest BCUT2D eigenvalue weighted by Gasteiger charge is -2.34. The van der Waals surface area contributed by atoms with Crippen LogP contribution in [0.4, 0.5) is 0 Å². The molecule has 2 aliphatic rings. The lowest BCUT2D eigenvalue weighted by Crippen LogP contribution is -2.40. The molecule has 2 saturated carbocycles. The number of nitrogen functional groups attached to an aromatic ring is 1. The first-order valence-electron chi connectivity index (χ1n) is 12.1. The van der Waals surface area contributed by atoms with Crippen molar-refractivity contribution in [3.05, 3.63) is 47.8 Å². The summed E-state index contributed by atoms with van der Waals surface area (Å²) < 4.78 is 5.59. The number of esters is 1. The van der Waals surface area contributed by atoms with Crippen molar-refractivity contribution < 1.29 is 14.3 Å². The average molecular weight is 464 g/mol. The first-order valence-corrected chi connectivity index (χ1v) is 12.1. The van der Waals surface area contributed by atoms with Crippen LogP contribution < -0.4 is 5.73 Å². The number of nitrogens with zero attached hydrogens (tertiary/aromatic N) is 3. The van der Waals surface area contributed by atoms with Crippen molar-refractivity contribution in [2.45, 2.75) is 57.4 Å². The van der Waals surface area contributed by atoms with Gasteiger partial charge in [0.2, 0.25) is 0 Å². The summed E-state index contributed by atoms with van der Waals surface area (Å²) in [5, 5.41) is 7.47. The van der Waals surface area contributed by atoms with Gasteiger partial charge in [-0.25, -0.2) is 9.97 Å². The minimum Gasteiger partial charge on any atom is -0.465 e. The van der Waals surface area contributed by atoms with Crippen molar-refractivity contribution >= 4 is 17.7 Å². The molecule has 0 unspecified atom stereocenters. The van der Waals surface area contributed by atoms with E-state index in [1.165, 1.54) is 25.7 Å². The number of rotatable bonds is 7. The molecule has 0 radical (unpaired) electrons. The summed E-state index contributed by atoms with van der Waals surface area (Å²) in [5.41, 5.74) is 7.35. The zero-order chi connectivity index (χ0) is 24.1. The van der Waals surface area contributed by atoms with Gasteiger partial charge in [-0.05, 0) is 44.4 Å². The van der Waals surface area contributed by atoms with Gasteiger partial charge >= 0.3 is 5.97 Å². The van der Waals surface area contributed by atoms with E-state index < -0.39 is 0 Å². The highest BCUT2D eigenvalue weighted by Crippen LogP contribution is 2.30. The van der Waals surface area contributed by atoms with Crippen LogP contribution in [0.3, 0.4) is 0 Å². The molecule has 34 heavy (non-hydrogen) atoms. The number of amides is 1. The minimum absolute atomic E-state index is 0.00597. The Morgan fingerprint density at radius 3 is 2.21 bits per heavy atom. The highest BCUT2D eigenvalue weighted by Gasteiger charge is 2.31. The number of aromatic nitrogens is 2. The molecule has 1 amide bonds. The van der Waals surface area contributed by atoms with Gasteiger partial charge in [-0.15, -0.1) is 0 Å². The second-order valence-corrected chi connectivity index (χ2v) is 9.49. The molecule has 1 heterocycles. The predicted molar refractivity (Wildman–Crippen MR) is 129 cm³/mol. The number of carbonyl (C=O) groups excluding carboxylic acids is 2. The van der Waals surface area contributed by atoms with Crippen LogP contribution in [0.5, 0.6) is 0 Å². The summed E-state index contributed by atoms with van der Waals surface area (Å²) in [6, 6.07) is 7.18. The van der Waals surface area contributed by atoms with Crippen molar-refractivity contribution in [1.29, 1.82) is 5.41 Å². The number of nitrogens with one attached hydrogen (secondary N) is 1. The number of hydrogen-bond acceptors (Lipinski definition) is 6. The predicted octanol–water partition coefficient (Wildman–Crippen LogP) is 3.79. The Labute approximate surface area is 200 Å². The molecule has 2 aromatic rings. The Kier molecular flexibility index (Phi) is 7.55. The number of amidine groups is 1. The van der Waals surface area contributed by atoms with E-state index in [4.69, 9.17) is 15.9 Å². The van der Waals surface area contributed by atoms with E-state index in [1.54, 1.807) is 48.6 Å². The van der Waals surface area contributed by atoms with Gasteiger partial charge < -0.3 is 15.4 Å². The Morgan fingerprint density at radius 1 is 1.00 bits per heavy atom. The molecule has 180 valence electrons. The molecule has 8 nitrogen and oxygen atoms in total. The Balaban J connectivity index is 1.28. The van der Waals surface area contributed by atoms with Crippen LogP contribution in [-0.2, 0) is 9.53 Å². The number of carbonyl (C=O) groups is 2. The number of ether oxygens (including phenoxy) is 1. The molecule has 0 saturated heterocycles. The van der Waals surface area contributed by atoms with Crippen molar-refractivity contribution in [1.82, 2.24) is 14.9 Å². The van der Waals surface area contributed by atoms with Crippen LogP contribution in [0, 0.1) is 17.2 Å². The Morgan fingerprint density at radius 2 is 1.62 bits per heavy atom. The first-order chi connectivity index (χ1) is 16.4. The maximum Gasteiger partial charge on any atom is 0.308 e. The second-order valence-electron chi connectivity index (χ2n) is 9.49. The largest absolute Gasteiger partial charge is 0.465 e. The van der Waals surface area contributed by atoms with E-state index in [1.807, 2.05) is 0 Å². The van der Waals surface area contributed by atoms with E-state index in [0.29, 0.717) is 29.5 Å². The molecular weight excluding hydrogens is 430 g/mol. The average Bonchev–Trinajstić information content (AvgIpc) is 3.40. The van der Waals surface area contributed by atoms with Crippen LogP contribution in [0.1, 0.15) is 67.3 Å². The molecule has 2 fully saturated rings. The van der Waals surface area contributed by atoms with E-state index in [0.717, 1.165) is 31.2 Å². The fourth-order valence-electron chi connectivity index (χ4n) is 4.95. The molecule has 0 bridgehead atoms. The molecule has 2 aliphatic carbocycles. The van der Waals surface area contributed by atoms with Crippen molar-refractivity contribution in [3.63, 3.8) is 0 Å². The first kappa shape index (κ1) is 23.9. The third-order valence-electron chi connectivity index (χ3n) is 7.19. The molecule has 1 aromatic heterocycles. The Hall–Kier alpha value is -3.29. The van der Waals surface area contributed by atoms with Gasteiger partial charge in [0.05, 0.1) is 18.1 Å². The lowest BCUT2D eigenvalue weighted by molar-refractivity contribution is -0.151. The van der Waals surface area contributed by atoms with Crippen LogP contribution in [-0.4, -0.2) is 52.3 Å². The molecule has 8 heteroatoms. The fourth-order valence-corrected chi connectivity index (χ4v) is 4.95. The van der Waals surface area contributed by atoms with Gasteiger partial charge in [0, 0.05) is 36.6 Å². The van der Waals surface area contributed by atoms with Gasteiger partial charge in [-0.1, -0.05) is 37.1 Å². The monoisotopic (exact) mass is 463 g/mol. The summed E-state index contributed by atoms with van der Waals surface area (Å²) in [6.45, 7) is 0.564. The summed E-state index contributed by atoms with van der Waals surface area (Å²) in [5.74, 6) is 0.804. The van der Waals surface area contributed by atoms with Crippen LogP contribution >= 0.6 is 0 Å². The number of hydrogen-bond donors (Lipinski definition) is 2. The molecular formula is C26H33N5O3. The van der Waals surface area contributed by atoms with E-state index in [9.17, 15) is 9.59 Å². The van der Waals surface area contributed by atoms with E-state index in [-0.39, 0.29) is 29.7 Å². The molecule has 3 N–H and O–H groups in total. The number of benzene rings is 1. The smallest absolute Gasteiger partial charge is 0.308 e. The van der Waals surface area contributed by atoms with Gasteiger partial charge in [-0.2, -0.15) is 0 Å². The van der Waals surface area contributed by atoms with Crippen LogP contribution in [0.25, 0.3) is 11.4 Å². The standard InChI is InChI=1S/C26H33N5O3/c1-31(22-12-10-20(11-13-22)26(33)34-16-17-4-2-3-5-17)25(32)21-14-29-24(30-15-21)19-8-6-18(7-9-19)23(27)28/h6-9,14-15,17,20,22H,2-5,10-13,16H2,1H3,(H3,27,28). The highest BCUT2D eigenvalue weighted by atomic mass is 16.5. The highest BCUT2D eigenvalue weighted by molar-refractivity contribution is 5.95. The zero-order valence-electron chi connectivity index (χ0n) is 19.7. The van der Waals surface area contributed by atoms with Gasteiger partial charge in [0.15, 0.2) is 5.82 Å². The van der Waals surface area contributed by atoms with Crippen molar-refractivity contribution in [3.8, 4) is 11.4 Å². The summed E-state index contributed by atoms with van der Waals surface area (Å²) in [6.07, 6.45) is 11.0. The van der Waals surface area contributed by atoms with Crippen LogP contribution in [0.2, 0.25) is 0 Å².